The van der Waals surface area contributed by atoms with E-state index in [2.05, 4.69) is 15.6 Å². The quantitative estimate of drug-likeness (QED) is 0.792. The van der Waals surface area contributed by atoms with Crippen molar-refractivity contribution in [2.45, 2.75) is 19.9 Å². The Morgan fingerprint density at radius 2 is 1.79 bits per heavy atom. The first-order valence-electron chi connectivity index (χ1n) is 8.57. The van der Waals surface area contributed by atoms with Gasteiger partial charge < -0.3 is 29.7 Å². The highest BCUT2D eigenvalue weighted by molar-refractivity contribution is 7.15. The molecule has 0 bridgehead atoms. The second-order valence-corrected chi connectivity index (χ2v) is 7.17. The first kappa shape index (κ1) is 19.7. The Hall–Kier alpha value is -3.01. The number of thiazole rings is 1. The third kappa shape index (κ3) is 4.11. The fourth-order valence-corrected chi connectivity index (χ4v) is 4.00. The standard InChI is InChI=1S/C18H22N4O5S/c1-10(23)19-17-21-12-5-6-22(9-15(12)28-17)18(24)20-11-7-13(25-2)16(27-4)14(8-11)26-3/h7-8H,5-6,9H2,1-4H3,(H,20,24)(H,19,21,23). The molecule has 0 atom stereocenters. The topological polar surface area (TPSA) is 102 Å². The van der Waals surface area contributed by atoms with Crippen LogP contribution in [0.5, 0.6) is 17.2 Å². The Balaban J connectivity index is 1.73. The molecule has 10 heteroatoms. The van der Waals surface area contributed by atoms with E-state index < -0.39 is 0 Å². The SMILES string of the molecule is COc1cc(NC(=O)N2CCc3nc(NC(C)=O)sc3C2)cc(OC)c1OC. The number of anilines is 2. The molecule has 9 nitrogen and oxygen atoms in total. The Labute approximate surface area is 166 Å². The number of benzene rings is 1. The van der Waals surface area contributed by atoms with Crippen molar-refractivity contribution < 1.29 is 23.8 Å². The van der Waals surface area contributed by atoms with Gasteiger partial charge >= 0.3 is 6.03 Å². The molecule has 2 N–H and O–H groups in total. The molecular formula is C18H22N4O5S. The van der Waals surface area contributed by atoms with Crippen LogP contribution in [0, 0.1) is 0 Å². The summed E-state index contributed by atoms with van der Waals surface area (Å²) < 4.78 is 15.9. The van der Waals surface area contributed by atoms with Crippen molar-refractivity contribution in [3.8, 4) is 17.2 Å². The maximum atomic E-state index is 12.7. The highest BCUT2D eigenvalue weighted by Crippen LogP contribution is 2.40. The van der Waals surface area contributed by atoms with Crippen LogP contribution in [-0.4, -0.2) is 49.7 Å². The zero-order chi connectivity index (χ0) is 20.3. The number of rotatable bonds is 5. The van der Waals surface area contributed by atoms with Gasteiger partial charge in [0.05, 0.1) is 39.3 Å². The second kappa shape index (κ2) is 8.34. The maximum Gasteiger partial charge on any atom is 0.322 e. The number of urea groups is 1. The van der Waals surface area contributed by atoms with Crippen LogP contribution in [0.1, 0.15) is 17.5 Å². The van der Waals surface area contributed by atoms with E-state index in [-0.39, 0.29) is 11.9 Å². The number of methoxy groups -OCH3 is 3. The van der Waals surface area contributed by atoms with Gasteiger partial charge in [0.25, 0.3) is 0 Å². The van der Waals surface area contributed by atoms with Crippen molar-refractivity contribution in [3.05, 3.63) is 22.7 Å². The average molecular weight is 406 g/mol. The molecule has 0 saturated heterocycles. The van der Waals surface area contributed by atoms with Crippen LogP contribution >= 0.6 is 11.3 Å². The molecular weight excluding hydrogens is 384 g/mol. The lowest BCUT2D eigenvalue weighted by Crippen LogP contribution is -2.38. The molecule has 3 amide bonds. The number of fused-ring (bicyclic) bond motifs is 1. The number of carbonyl (C=O) groups is 2. The van der Waals surface area contributed by atoms with Crippen LogP contribution in [0.25, 0.3) is 0 Å². The zero-order valence-electron chi connectivity index (χ0n) is 16.1. The minimum absolute atomic E-state index is 0.164. The fourth-order valence-electron chi connectivity index (χ4n) is 2.93. The number of hydrogen-bond acceptors (Lipinski definition) is 7. The lowest BCUT2D eigenvalue weighted by molar-refractivity contribution is -0.114. The van der Waals surface area contributed by atoms with Crippen LogP contribution in [0.15, 0.2) is 12.1 Å². The number of amides is 3. The third-order valence-corrected chi connectivity index (χ3v) is 5.22. The Morgan fingerprint density at radius 3 is 2.36 bits per heavy atom. The van der Waals surface area contributed by atoms with E-state index in [0.29, 0.717) is 47.6 Å². The summed E-state index contributed by atoms with van der Waals surface area (Å²) in [6.45, 7) is 2.41. The molecule has 1 aromatic heterocycles. The van der Waals surface area contributed by atoms with Crippen molar-refractivity contribution in [1.29, 1.82) is 0 Å². The smallest absolute Gasteiger partial charge is 0.322 e. The van der Waals surface area contributed by atoms with Gasteiger partial charge in [0.15, 0.2) is 16.6 Å². The molecule has 0 spiro atoms. The summed E-state index contributed by atoms with van der Waals surface area (Å²) in [5.74, 6) is 1.21. The van der Waals surface area contributed by atoms with Gasteiger partial charge in [0.1, 0.15) is 0 Å². The molecule has 28 heavy (non-hydrogen) atoms. The Kier molecular flexibility index (Phi) is 5.88. The van der Waals surface area contributed by atoms with Crippen molar-refractivity contribution in [2.24, 2.45) is 0 Å². The number of aromatic nitrogens is 1. The van der Waals surface area contributed by atoms with E-state index in [9.17, 15) is 9.59 Å². The highest BCUT2D eigenvalue weighted by Gasteiger charge is 2.25. The van der Waals surface area contributed by atoms with Crippen LogP contribution < -0.4 is 24.8 Å². The van der Waals surface area contributed by atoms with Gasteiger partial charge in [0, 0.05) is 36.9 Å². The molecule has 2 heterocycles. The second-order valence-electron chi connectivity index (χ2n) is 6.09. The molecule has 0 fully saturated rings. The molecule has 0 unspecified atom stereocenters. The van der Waals surface area contributed by atoms with Crippen LogP contribution in [0.4, 0.5) is 15.6 Å². The number of carbonyl (C=O) groups excluding carboxylic acids is 2. The molecule has 1 aromatic carbocycles. The minimum Gasteiger partial charge on any atom is -0.493 e. The van der Waals surface area contributed by atoms with Gasteiger partial charge in [-0.1, -0.05) is 11.3 Å². The normalized spacial score (nSPS) is 12.8. The first-order chi connectivity index (χ1) is 13.4. The molecule has 3 rings (SSSR count). The lowest BCUT2D eigenvalue weighted by Gasteiger charge is -2.26. The van der Waals surface area contributed by atoms with Gasteiger partial charge in [-0.15, -0.1) is 0 Å². The number of nitrogens with zero attached hydrogens (tertiary/aromatic N) is 2. The van der Waals surface area contributed by atoms with Crippen molar-refractivity contribution >= 4 is 34.1 Å². The number of ether oxygens (including phenoxy) is 3. The van der Waals surface area contributed by atoms with Gasteiger partial charge in [-0.3, -0.25) is 4.79 Å². The summed E-state index contributed by atoms with van der Waals surface area (Å²) >= 11 is 1.39. The highest BCUT2D eigenvalue weighted by atomic mass is 32.1. The summed E-state index contributed by atoms with van der Waals surface area (Å²) in [6, 6.07) is 3.11. The van der Waals surface area contributed by atoms with Crippen molar-refractivity contribution in [1.82, 2.24) is 9.88 Å². The van der Waals surface area contributed by atoms with E-state index >= 15 is 0 Å². The monoisotopic (exact) mass is 406 g/mol. The predicted molar refractivity (Wildman–Crippen MR) is 106 cm³/mol. The largest absolute Gasteiger partial charge is 0.493 e. The predicted octanol–water partition coefficient (Wildman–Crippen LogP) is 2.72. The summed E-state index contributed by atoms with van der Waals surface area (Å²) in [4.78, 5) is 31.0. The number of nitrogens with one attached hydrogen (secondary N) is 2. The van der Waals surface area contributed by atoms with Crippen molar-refractivity contribution in [2.75, 3.05) is 38.5 Å². The average Bonchev–Trinajstić information content (AvgIpc) is 3.07. The Bertz CT molecular complexity index is 873. The van der Waals surface area contributed by atoms with Crippen molar-refractivity contribution in [3.63, 3.8) is 0 Å². The van der Waals surface area contributed by atoms with Crippen LogP contribution in [0.2, 0.25) is 0 Å². The molecule has 2 aromatic rings. The molecule has 0 aliphatic carbocycles. The fraction of sp³-hybridized carbons (Fsp3) is 0.389. The molecule has 0 saturated carbocycles. The van der Waals surface area contributed by atoms with E-state index in [1.807, 2.05) is 0 Å². The van der Waals surface area contributed by atoms with Gasteiger partial charge in [-0.2, -0.15) is 0 Å². The summed E-state index contributed by atoms with van der Waals surface area (Å²) in [7, 11) is 4.56. The summed E-state index contributed by atoms with van der Waals surface area (Å²) in [6.07, 6.45) is 0.633. The van der Waals surface area contributed by atoms with E-state index in [0.717, 1.165) is 10.6 Å². The summed E-state index contributed by atoms with van der Waals surface area (Å²) in [5.41, 5.74) is 1.46. The molecule has 0 radical (unpaired) electrons. The minimum atomic E-state index is -0.241. The molecule has 1 aliphatic heterocycles. The lowest BCUT2D eigenvalue weighted by atomic mass is 10.2. The van der Waals surface area contributed by atoms with E-state index in [1.165, 1.54) is 39.6 Å². The number of hydrogen-bond donors (Lipinski definition) is 2. The Morgan fingerprint density at radius 1 is 1.11 bits per heavy atom. The van der Waals surface area contributed by atoms with E-state index in [1.54, 1.807) is 17.0 Å². The van der Waals surface area contributed by atoms with E-state index in [4.69, 9.17) is 14.2 Å². The van der Waals surface area contributed by atoms with Gasteiger partial charge in [-0.25, -0.2) is 9.78 Å². The summed E-state index contributed by atoms with van der Waals surface area (Å²) in [5, 5.41) is 6.12. The molecule has 1 aliphatic rings. The van der Waals surface area contributed by atoms with Crippen LogP contribution in [0.3, 0.4) is 0 Å². The van der Waals surface area contributed by atoms with Crippen LogP contribution in [-0.2, 0) is 17.8 Å². The maximum absolute atomic E-state index is 12.7. The molecule has 150 valence electrons. The zero-order valence-corrected chi connectivity index (χ0v) is 16.9. The van der Waals surface area contributed by atoms with Gasteiger partial charge in [0.2, 0.25) is 11.7 Å². The first-order valence-corrected chi connectivity index (χ1v) is 9.39. The van der Waals surface area contributed by atoms with Gasteiger partial charge in [-0.05, 0) is 0 Å². The third-order valence-electron chi connectivity index (χ3n) is 4.22.